The molecule has 0 amide bonds. The molecule has 130 valence electrons. The minimum Gasteiger partial charge on any atom is -0.261 e. The summed E-state index contributed by atoms with van der Waals surface area (Å²) in [7, 11) is 0. The van der Waals surface area contributed by atoms with Gasteiger partial charge < -0.3 is 0 Å². The van der Waals surface area contributed by atoms with E-state index in [-0.39, 0.29) is 0 Å². The smallest absolute Gasteiger partial charge is 0.0732 e. The molecule has 4 heteroatoms. The molecule has 26 heavy (non-hydrogen) atoms. The second-order valence-corrected chi connectivity index (χ2v) is 5.67. The lowest BCUT2D eigenvalue weighted by atomic mass is 9.96. The number of nitrogens with zero attached hydrogens (tertiary/aromatic N) is 4. The van der Waals surface area contributed by atoms with E-state index in [1.165, 1.54) is 0 Å². The van der Waals surface area contributed by atoms with Gasteiger partial charge in [0, 0.05) is 41.0 Å². The largest absolute Gasteiger partial charge is 0.261 e. The van der Waals surface area contributed by atoms with E-state index in [0.717, 1.165) is 44.3 Å². The van der Waals surface area contributed by atoms with Gasteiger partial charge in [-0.3, -0.25) is 20.0 Å². The highest BCUT2D eigenvalue weighted by atomic mass is 14.8. The molecule has 0 saturated carbocycles. The predicted octanol–water partition coefficient (Wildman–Crippen LogP) is 6.88. The Kier molecular flexibility index (Phi) is 5.32. The Morgan fingerprint density at radius 2 is 1.04 bits per heavy atom. The average molecular weight is 342 g/mol. The van der Waals surface area contributed by atoms with Crippen molar-refractivity contribution < 1.29 is 0 Å². The molecule has 3 rings (SSSR count). The average Bonchev–Trinajstić information content (AvgIpc) is 2.64. The molecule has 4 nitrogen and oxygen atoms in total. The Morgan fingerprint density at radius 3 is 1.62 bits per heavy atom. The van der Waals surface area contributed by atoms with E-state index >= 15 is 0 Å². The number of benzene rings is 3. The molecule has 0 aliphatic rings. The van der Waals surface area contributed by atoms with Crippen molar-refractivity contribution in [3.63, 3.8) is 0 Å². The second kappa shape index (κ2) is 7.83. The molecular weight excluding hydrogens is 320 g/mol. The maximum Gasteiger partial charge on any atom is 0.0732 e. The monoisotopic (exact) mass is 342 g/mol. The third kappa shape index (κ3) is 3.06. The van der Waals surface area contributed by atoms with Crippen LogP contribution in [-0.4, -0.2) is 24.9 Å². The maximum atomic E-state index is 4.62. The highest BCUT2D eigenvalue weighted by Crippen LogP contribution is 2.46. The predicted molar refractivity (Wildman–Crippen MR) is 117 cm³/mol. The van der Waals surface area contributed by atoms with Gasteiger partial charge in [0.05, 0.1) is 22.7 Å². The normalized spacial score (nSPS) is 12.8. The molecule has 0 aliphatic carbocycles. The molecule has 0 saturated heterocycles. The van der Waals surface area contributed by atoms with E-state index in [1.807, 2.05) is 70.6 Å². The van der Waals surface area contributed by atoms with Gasteiger partial charge in [0.25, 0.3) is 0 Å². The fourth-order valence-corrected chi connectivity index (χ4v) is 3.24. The zero-order valence-electron chi connectivity index (χ0n) is 15.6. The van der Waals surface area contributed by atoms with Gasteiger partial charge in [0.15, 0.2) is 0 Å². The summed E-state index contributed by atoms with van der Waals surface area (Å²) in [6, 6.07) is 12.2. The van der Waals surface area contributed by atoms with Crippen LogP contribution in [0.2, 0.25) is 0 Å². The lowest BCUT2D eigenvalue weighted by molar-refractivity contribution is 1.50. The van der Waals surface area contributed by atoms with E-state index in [9.17, 15) is 0 Å². The van der Waals surface area contributed by atoms with E-state index in [0.29, 0.717) is 0 Å². The van der Waals surface area contributed by atoms with Crippen LogP contribution in [-0.2, 0) is 0 Å². The molecule has 0 bridgehead atoms. The number of rotatable bonds is 4. The van der Waals surface area contributed by atoms with E-state index in [2.05, 4.69) is 32.1 Å². The first-order chi connectivity index (χ1) is 12.7. The third-order valence-electron chi connectivity index (χ3n) is 4.11. The lowest BCUT2D eigenvalue weighted by Crippen LogP contribution is -1.84. The highest BCUT2D eigenvalue weighted by molar-refractivity contribution is 6.24. The summed E-state index contributed by atoms with van der Waals surface area (Å²) >= 11 is 0. The summed E-state index contributed by atoms with van der Waals surface area (Å²) in [5.74, 6) is 0. The van der Waals surface area contributed by atoms with Crippen molar-refractivity contribution in [2.24, 2.45) is 20.0 Å². The summed E-state index contributed by atoms with van der Waals surface area (Å²) in [5, 5.41) is 4.19. The summed E-state index contributed by atoms with van der Waals surface area (Å²) in [6.07, 6.45) is 7.24. The Balaban J connectivity index is 2.67. The van der Waals surface area contributed by atoms with Gasteiger partial charge in [-0.05, 0) is 57.3 Å². The molecule has 0 radical (unpaired) electrons. The van der Waals surface area contributed by atoms with Crippen LogP contribution in [0.1, 0.15) is 27.7 Å². The van der Waals surface area contributed by atoms with Gasteiger partial charge in [-0.1, -0.05) is 12.1 Å². The Bertz CT molecular complexity index is 1070. The summed E-state index contributed by atoms with van der Waals surface area (Å²) in [4.78, 5) is 18.4. The van der Waals surface area contributed by atoms with Crippen LogP contribution in [0, 0.1) is 0 Å². The SMILES string of the molecule is C/C=N\c1ccc(/N=C\C)c2c1c(/N=C\C)cc1cccc(/N=C\C)c12. The third-order valence-corrected chi connectivity index (χ3v) is 4.11. The second-order valence-electron chi connectivity index (χ2n) is 5.67. The molecule has 0 unspecified atom stereocenters. The Labute approximate surface area is 153 Å². The maximum absolute atomic E-state index is 4.62. The van der Waals surface area contributed by atoms with Crippen LogP contribution in [0.25, 0.3) is 21.5 Å². The molecular formula is C22H22N4. The molecule has 0 aliphatic heterocycles. The van der Waals surface area contributed by atoms with Crippen LogP contribution in [0.3, 0.4) is 0 Å². The molecule has 3 aromatic carbocycles. The lowest BCUT2D eigenvalue weighted by Gasteiger charge is -2.14. The van der Waals surface area contributed by atoms with E-state index in [1.54, 1.807) is 6.21 Å². The minimum atomic E-state index is 0.885. The quantitative estimate of drug-likeness (QED) is 0.366. The summed E-state index contributed by atoms with van der Waals surface area (Å²) in [6.45, 7) is 7.69. The fourth-order valence-electron chi connectivity index (χ4n) is 3.24. The summed E-state index contributed by atoms with van der Waals surface area (Å²) in [5.41, 5.74) is 3.60. The molecule has 0 N–H and O–H groups in total. The fraction of sp³-hybridized carbons (Fsp3) is 0.182. The topological polar surface area (TPSA) is 49.4 Å². The van der Waals surface area contributed by atoms with Crippen molar-refractivity contribution in [2.45, 2.75) is 27.7 Å². The first-order valence-electron chi connectivity index (χ1n) is 8.72. The van der Waals surface area contributed by atoms with Crippen molar-refractivity contribution >= 4 is 69.2 Å². The van der Waals surface area contributed by atoms with Crippen LogP contribution in [0.5, 0.6) is 0 Å². The van der Waals surface area contributed by atoms with E-state index in [4.69, 9.17) is 0 Å². The van der Waals surface area contributed by atoms with Crippen molar-refractivity contribution in [3.05, 3.63) is 36.4 Å². The number of aliphatic imine (C=N–C) groups is 4. The molecule has 0 fully saturated rings. The van der Waals surface area contributed by atoms with Crippen LogP contribution in [0.15, 0.2) is 56.4 Å². The van der Waals surface area contributed by atoms with Gasteiger partial charge in [0.1, 0.15) is 0 Å². The zero-order valence-corrected chi connectivity index (χ0v) is 15.6. The van der Waals surface area contributed by atoms with Crippen LogP contribution in [0.4, 0.5) is 22.7 Å². The first kappa shape index (κ1) is 17.7. The van der Waals surface area contributed by atoms with Gasteiger partial charge in [-0.2, -0.15) is 0 Å². The molecule has 0 aromatic heterocycles. The number of fused-ring (bicyclic) bond motifs is 3. The van der Waals surface area contributed by atoms with E-state index < -0.39 is 0 Å². The molecule has 0 atom stereocenters. The van der Waals surface area contributed by atoms with Crippen LogP contribution < -0.4 is 0 Å². The first-order valence-corrected chi connectivity index (χ1v) is 8.72. The van der Waals surface area contributed by atoms with Gasteiger partial charge in [0.2, 0.25) is 0 Å². The van der Waals surface area contributed by atoms with Crippen molar-refractivity contribution in [1.29, 1.82) is 0 Å². The number of hydrogen-bond acceptors (Lipinski definition) is 4. The highest BCUT2D eigenvalue weighted by Gasteiger charge is 2.15. The minimum absolute atomic E-state index is 0.885. The van der Waals surface area contributed by atoms with Gasteiger partial charge >= 0.3 is 0 Å². The Hall–Kier alpha value is -3.14. The molecule has 3 aromatic rings. The summed E-state index contributed by atoms with van der Waals surface area (Å²) < 4.78 is 0. The van der Waals surface area contributed by atoms with Crippen molar-refractivity contribution in [1.82, 2.24) is 0 Å². The van der Waals surface area contributed by atoms with Crippen molar-refractivity contribution in [3.8, 4) is 0 Å². The van der Waals surface area contributed by atoms with Gasteiger partial charge in [-0.15, -0.1) is 0 Å². The van der Waals surface area contributed by atoms with Gasteiger partial charge in [-0.25, -0.2) is 0 Å². The number of hydrogen-bond donors (Lipinski definition) is 0. The zero-order chi connectivity index (χ0) is 18.5. The van der Waals surface area contributed by atoms with Crippen molar-refractivity contribution in [2.75, 3.05) is 0 Å². The molecule has 0 spiro atoms. The molecule has 0 heterocycles. The van der Waals surface area contributed by atoms with Crippen LogP contribution >= 0.6 is 0 Å². The Morgan fingerprint density at radius 1 is 0.538 bits per heavy atom. The standard InChI is InChI=1S/C22H22N4/c1-5-23-16-11-9-10-15-14-19(26-8-4)21-17(24-6-2)12-13-18(25-7-3)22(21)20(15)16/h5-14H,1-4H3/b23-5-,24-6-,25-7-,26-8-.